The maximum atomic E-state index is 5.97. The highest BCUT2D eigenvalue weighted by Crippen LogP contribution is 2.27. The number of nitrogens with one attached hydrogen (secondary N) is 1. The maximum Gasteiger partial charge on any atom is 0.142 e. The van der Waals surface area contributed by atoms with E-state index in [1.807, 2.05) is 36.4 Å². The summed E-state index contributed by atoms with van der Waals surface area (Å²) in [7, 11) is 1.65. The molecule has 2 nitrogen and oxygen atoms in total. The number of rotatable bonds is 5. The smallest absolute Gasteiger partial charge is 0.142 e. The van der Waals surface area contributed by atoms with Crippen LogP contribution in [-0.4, -0.2) is 13.7 Å². The van der Waals surface area contributed by atoms with E-state index in [1.54, 1.807) is 7.11 Å². The van der Waals surface area contributed by atoms with Crippen LogP contribution in [0.3, 0.4) is 0 Å². The van der Waals surface area contributed by atoms with Crippen molar-refractivity contribution in [1.82, 2.24) is 0 Å². The van der Waals surface area contributed by atoms with Crippen molar-refractivity contribution in [2.45, 2.75) is 0 Å². The van der Waals surface area contributed by atoms with E-state index in [-0.39, 0.29) is 0 Å². The highest BCUT2D eigenvalue weighted by molar-refractivity contribution is 6.30. The molecule has 0 aliphatic carbocycles. The fourth-order valence-corrected chi connectivity index (χ4v) is 1.92. The molecule has 0 fully saturated rings. The first-order valence-electron chi connectivity index (χ1n) is 6.08. The van der Waals surface area contributed by atoms with E-state index in [4.69, 9.17) is 16.3 Å². The number of hydrogen-bond acceptors (Lipinski definition) is 2. The summed E-state index contributed by atoms with van der Waals surface area (Å²) in [5.74, 6) is 0.789. The lowest BCUT2D eigenvalue weighted by Gasteiger charge is -2.09. The second-order valence-electron chi connectivity index (χ2n) is 4.04. The number of anilines is 1. The van der Waals surface area contributed by atoms with Gasteiger partial charge < -0.3 is 10.1 Å². The lowest BCUT2D eigenvalue weighted by atomic mass is 10.2. The fourth-order valence-electron chi connectivity index (χ4n) is 1.75. The van der Waals surface area contributed by atoms with Crippen LogP contribution in [0.2, 0.25) is 5.02 Å². The van der Waals surface area contributed by atoms with Gasteiger partial charge in [-0.25, -0.2) is 0 Å². The fraction of sp³-hybridized carbons (Fsp3) is 0.125. The Morgan fingerprint density at radius 3 is 2.68 bits per heavy atom. The normalized spacial score (nSPS) is 10.6. The van der Waals surface area contributed by atoms with Gasteiger partial charge in [-0.05, 0) is 23.8 Å². The molecule has 3 heteroatoms. The van der Waals surface area contributed by atoms with Gasteiger partial charge in [0.1, 0.15) is 5.75 Å². The highest BCUT2D eigenvalue weighted by atomic mass is 35.5. The summed E-state index contributed by atoms with van der Waals surface area (Å²) in [5.41, 5.74) is 2.08. The van der Waals surface area contributed by atoms with Crippen LogP contribution in [0.5, 0.6) is 5.75 Å². The van der Waals surface area contributed by atoms with Crippen LogP contribution in [0.1, 0.15) is 5.56 Å². The van der Waals surface area contributed by atoms with Gasteiger partial charge >= 0.3 is 0 Å². The molecule has 0 saturated carbocycles. The van der Waals surface area contributed by atoms with Gasteiger partial charge in [0.15, 0.2) is 0 Å². The Balaban J connectivity index is 1.96. The zero-order chi connectivity index (χ0) is 13.5. The topological polar surface area (TPSA) is 21.3 Å². The minimum absolute atomic E-state index is 0.690. The molecule has 0 spiro atoms. The van der Waals surface area contributed by atoms with Crippen LogP contribution in [0.25, 0.3) is 6.08 Å². The predicted molar refractivity (Wildman–Crippen MR) is 82.0 cm³/mol. The quantitative estimate of drug-likeness (QED) is 0.868. The molecule has 1 N–H and O–H groups in total. The molecule has 0 heterocycles. The molecule has 0 bridgehead atoms. The van der Waals surface area contributed by atoms with Gasteiger partial charge in [0.25, 0.3) is 0 Å². The van der Waals surface area contributed by atoms with E-state index >= 15 is 0 Å². The third-order valence-corrected chi connectivity index (χ3v) is 2.92. The lowest BCUT2D eigenvalue weighted by Crippen LogP contribution is -2.00. The minimum atomic E-state index is 0.690. The molecular weight excluding hydrogens is 258 g/mol. The van der Waals surface area contributed by atoms with Crippen LogP contribution in [0, 0.1) is 0 Å². The van der Waals surface area contributed by atoms with Crippen LogP contribution < -0.4 is 10.1 Å². The number of ether oxygens (including phenoxy) is 1. The summed E-state index contributed by atoms with van der Waals surface area (Å²) >= 11 is 5.97. The van der Waals surface area contributed by atoms with Crippen molar-refractivity contribution < 1.29 is 4.74 Å². The van der Waals surface area contributed by atoms with E-state index in [1.165, 1.54) is 5.56 Å². The Hall–Kier alpha value is -1.93. The maximum absolute atomic E-state index is 5.97. The predicted octanol–water partition coefficient (Wildman–Crippen LogP) is 4.47. The van der Waals surface area contributed by atoms with E-state index in [0.717, 1.165) is 11.4 Å². The van der Waals surface area contributed by atoms with Gasteiger partial charge in [0.05, 0.1) is 12.8 Å². The Bertz CT molecular complexity index is 552. The highest BCUT2D eigenvalue weighted by Gasteiger charge is 2.01. The second kappa shape index (κ2) is 6.86. The number of methoxy groups -OCH3 is 1. The monoisotopic (exact) mass is 273 g/mol. The Labute approximate surface area is 118 Å². The van der Waals surface area contributed by atoms with Crippen molar-refractivity contribution in [1.29, 1.82) is 0 Å². The third kappa shape index (κ3) is 4.04. The SMILES string of the molecule is COc1ccc(Cl)cc1NCC=Cc1ccccc1. The number of benzene rings is 2. The zero-order valence-electron chi connectivity index (χ0n) is 10.8. The molecular formula is C16H16ClNO. The molecule has 2 rings (SSSR count). The number of halogens is 1. The second-order valence-corrected chi connectivity index (χ2v) is 4.47. The Kier molecular flexibility index (Phi) is 4.87. The first-order chi connectivity index (χ1) is 9.29. The van der Waals surface area contributed by atoms with E-state index < -0.39 is 0 Å². The van der Waals surface area contributed by atoms with Crippen molar-refractivity contribution in [2.24, 2.45) is 0 Å². The molecule has 0 amide bonds. The van der Waals surface area contributed by atoms with Gasteiger partial charge in [-0.15, -0.1) is 0 Å². The van der Waals surface area contributed by atoms with Crippen LogP contribution in [0.4, 0.5) is 5.69 Å². The average Bonchev–Trinajstić information content (AvgIpc) is 2.45. The van der Waals surface area contributed by atoms with Crippen molar-refractivity contribution in [3.8, 4) is 5.75 Å². The molecule has 98 valence electrons. The largest absolute Gasteiger partial charge is 0.495 e. The first kappa shape index (κ1) is 13.5. The first-order valence-corrected chi connectivity index (χ1v) is 6.46. The minimum Gasteiger partial charge on any atom is -0.495 e. The summed E-state index contributed by atoms with van der Waals surface area (Å²) in [4.78, 5) is 0. The summed E-state index contributed by atoms with van der Waals surface area (Å²) in [5, 5.41) is 3.97. The third-order valence-electron chi connectivity index (χ3n) is 2.68. The summed E-state index contributed by atoms with van der Waals surface area (Å²) in [6.07, 6.45) is 4.14. The Morgan fingerprint density at radius 1 is 1.16 bits per heavy atom. The molecule has 0 radical (unpaired) electrons. The van der Waals surface area contributed by atoms with Crippen LogP contribution in [-0.2, 0) is 0 Å². The van der Waals surface area contributed by atoms with Gasteiger partial charge in [-0.1, -0.05) is 54.1 Å². The molecule has 0 aliphatic rings. The average molecular weight is 274 g/mol. The molecule has 19 heavy (non-hydrogen) atoms. The zero-order valence-corrected chi connectivity index (χ0v) is 11.5. The molecule has 0 aromatic heterocycles. The van der Waals surface area contributed by atoms with Gasteiger partial charge in [0.2, 0.25) is 0 Å². The molecule has 2 aromatic carbocycles. The lowest BCUT2D eigenvalue weighted by molar-refractivity contribution is 0.416. The van der Waals surface area contributed by atoms with Gasteiger partial charge in [-0.2, -0.15) is 0 Å². The van der Waals surface area contributed by atoms with Crippen molar-refractivity contribution in [3.63, 3.8) is 0 Å². The molecule has 0 saturated heterocycles. The van der Waals surface area contributed by atoms with Crippen molar-refractivity contribution >= 4 is 23.4 Å². The van der Waals surface area contributed by atoms with Crippen LogP contribution >= 0.6 is 11.6 Å². The molecule has 2 aromatic rings. The van der Waals surface area contributed by atoms with E-state index in [2.05, 4.69) is 29.6 Å². The van der Waals surface area contributed by atoms with Gasteiger partial charge in [0, 0.05) is 11.6 Å². The summed E-state index contributed by atoms with van der Waals surface area (Å²) in [6, 6.07) is 15.7. The molecule has 0 unspecified atom stereocenters. The molecule has 0 atom stereocenters. The summed E-state index contributed by atoms with van der Waals surface area (Å²) in [6.45, 7) is 0.714. The standard InChI is InChI=1S/C16H16ClNO/c1-19-16-10-9-14(17)12-15(16)18-11-5-8-13-6-3-2-4-7-13/h2-10,12,18H,11H2,1H3. The van der Waals surface area contributed by atoms with Crippen molar-refractivity contribution in [3.05, 3.63) is 65.2 Å². The molecule has 0 aliphatic heterocycles. The summed E-state index contributed by atoms with van der Waals surface area (Å²) < 4.78 is 5.27. The van der Waals surface area contributed by atoms with Crippen molar-refractivity contribution in [2.75, 3.05) is 19.0 Å². The van der Waals surface area contributed by atoms with Crippen LogP contribution in [0.15, 0.2) is 54.6 Å². The Morgan fingerprint density at radius 2 is 1.95 bits per heavy atom. The van der Waals surface area contributed by atoms with Gasteiger partial charge in [-0.3, -0.25) is 0 Å². The van der Waals surface area contributed by atoms with E-state index in [0.29, 0.717) is 11.6 Å². The van der Waals surface area contributed by atoms with E-state index in [9.17, 15) is 0 Å². The number of hydrogen-bond donors (Lipinski definition) is 1.